The molecule has 0 bridgehead atoms. The molecular weight excluding hydrogens is 172 g/mol. The first-order valence-corrected chi connectivity index (χ1v) is 5.97. The van der Waals surface area contributed by atoms with Crippen LogP contribution in [0, 0.1) is 0 Å². The van der Waals surface area contributed by atoms with Crippen LogP contribution >= 0.6 is 0 Å². The molecule has 84 valence electrons. The van der Waals surface area contributed by atoms with E-state index in [-0.39, 0.29) is 5.54 Å². The average Bonchev–Trinajstić information content (AvgIpc) is 2.46. The SMILES string of the molecule is CCC(N)(CC)CN1CCCC1(C)C. The summed E-state index contributed by atoms with van der Waals surface area (Å²) in [4.78, 5) is 2.57. The number of likely N-dealkylation sites (tertiary alicyclic amines) is 1. The largest absolute Gasteiger partial charge is 0.324 e. The third-order valence-corrected chi connectivity index (χ3v) is 3.99. The Morgan fingerprint density at radius 3 is 2.21 bits per heavy atom. The predicted molar refractivity (Wildman–Crippen MR) is 62.4 cm³/mol. The minimum atomic E-state index is 0.0294. The summed E-state index contributed by atoms with van der Waals surface area (Å²) < 4.78 is 0. The topological polar surface area (TPSA) is 29.3 Å². The van der Waals surface area contributed by atoms with Crippen LogP contribution in [-0.2, 0) is 0 Å². The molecule has 1 saturated heterocycles. The standard InChI is InChI=1S/C12H26N2/c1-5-12(13,6-2)10-14-9-7-8-11(14,3)4/h5-10,13H2,1-4H3. The van der Waals surface area contributed by atoms with E-state index in [1.54, 1.807) is 0 Å². The van der Waals surface area contributed by atoms with E-state index in [0.29, 0.717) is 5.54 Å². The van der Waals surface area contributed by atoms with E-state index in [1.807, 2.05) is 0 Å². The molecule has 1 rings (SSSR count). The minimum Gasteiger partial charge on any atom is -0.324 e. The molecule has 1 aliphatic rings. The monoisotopic (exact) mass is 198 g/mol. The van der Waals surface area contributed by atoms with Crippen LogP contribution in [0.4, 0.5) is 0 Å². The van der Waals surface area contributed by atoms with Gasteiger partial charge in [0.2, 0.25) is 0 Å². The number of nitrogens with zero attached hydrogens (tertiary/aromatic N) is 1. The van der Waals surface area contributed by atoms with Gasteiger partial charge in [-0.1, -0.05) is 13.8 Å². The van der Waals surface area contributed by atoms with Crippen molar-refractivity contribution in [3.63, 3.8) is 0 Å². The second-order valence-corrected chi connectivity index (χ2v) is 5.41. The van der Waals surface area contributed by atoms with Crippen molar-refractivity contribution in [3.8, 4) is 0 Å². The summed E-state index contributed by atoms with van der Waals surface area (Å²) in [6, 6.07) is 0. The van der Waals surface area contributed by atoms with Gasteiger partial charge in [-0.25, -0.2) is 0 Å². The zero-order valence-electron chi connectivity index (χ0n) is 10.3. The van der Waals surface area contributed by atoms with Crippen LogP contribution in [0.15, 0.2) is 0 Å². The molecule has 0 aromatic heterocycles. The third kappa shape index (κ3) is 2.48. The molecule has 0 aliphatic carbocycles. The Morgan fingerprint density at radius 1 is 1.29 bits per heavy atom. The fourth-order valence-corrected chi connectivity index (χ4v) is 2.31. The second kappa shape index (κ2) is 4.19. The molecule has 0 unspecified atom stereocenters. The van der Waals surface area contributed by atoms with Gasteiger partial charge in [0.1, 0.15) is 0 Å². The van der Waals surface area contributed by atoms with Crippen LogP contribution in [0.3, 0.4) is 0 Å². The summed E-state index contributed by atoms with van der Waals surface area (Å²) in [6.45, 7) is 11.4. The van der Waals surface area contributed by atoms with Crippen LogP contribution in [0.2, 0.25) is 0 Å². The highest BCUT2D eigenvalue weighted by Crippen LogP contribution is 2.30. The lowest BCUT2D eigenvalue weighted by molar-refractivity contribution is 0.130. The summed E-state index contributed by atoms with van der Waals surface area (Å²) in [5, 5.41) is 0. The maximum absolute atomic E-state index is 6.36. The van der Waals surface area contributed by atoms with Gasteiger partial charge in [-0.2, -0.15) is 0 Å². The first kappa shape index (κ1) is 12.0. The summed E-state index contributed by atoms with van der Waals surface area (Å²) >= 11 is 0. The first-order chi connectivity index (χ1) is 6.43. The number of hydrogen-bond donors (Lipinski definition) is 1. The normalized spacial score (nSPS) is 22.9. The molecule has 0 aromatic carbocycles. The van der Waals surface area contributed by atoms with Crippen molar-refractivity contribution in [2.45, 2.75) is 64.5 Å². The highest BCUT2D eigenvalue weighted by molar-refractivity contribution is 4.94. The van der Waals surface area contributed by atoms with Gasteiger partial charge in [-0.15, -0.1) is 0 Å². The van der Waals surface area contributed by atoms with Gasteiger partial charge >= 0.3 is 0 Å². The van der Waals surface area contributed by atoms with E-state index in [4.69, 9.17) is 5.73 Å². The Labute approximate surface area is 88.8 Å². The quantitative estimate of drug-likeness (QED) is 0.751. The van der Waals surface area contributed by atoms with E-state index >= 15 is 0 Å². The Kier molecular flexibility index (Phi) is 3.59. The average molecular weight is 198 g/mol. The highest BCUT2D eigenvalue weighted by atomic mass is 15.2. The van der Waals surface area contributed by atoms with Gasteiger partial charge in [0, 0.05) is 17.6 Å². The third-order valence-electron chi connectivity index (χ3n) is 3.99. The number of nitrogens with two attached hydrogens (primary N) is 1. The fraction of sp³-hybridized carbons (Fsp3) is 1.00. The maximum atomic E-state index is 6.36. The number of rotatable bonds is 4. The molecule has 2 N–H and O–H groups in total. The molecule has 14 heavy (non-hydrogen) atoms. The summed E-state index contributed by atoms with van der Waals surface area (Å²) in [5.41, 5.74) is 6.76. The molecule has 0 radical (unpaired) electrons. The van der Waals surface area contributed by atoms with Crippen molar-refractivity contribution >= 4 is 0 Å². The Bertz CT molecular complexity index is 183. The molecule has 0 spiro atoms. The molecular formula is C12H26N2. The lowest BCUT2D eigenvalue weighted by atomic mass is 9.91. The van der Waals surface area contributed by atoms with Gasteiger partial charge < -0.3 is 5.73 Å². The van der Waals surface area contributed by atoms with Crippen molar-refractivity contribution in [2.24, 2.45) is 5.73 Å². The van der Waals surface area contributed by atoms with Crippen LogP contribution < -0.4 is 5.73 Å². The smallest absolute Gasteiger partial charge is 0.0278 e. The van der Waals surface area contributed by atoms with Gasteiger partial charge in [0.05, 0.1) is 0 Å². The van der Waals surface area contributed by atoms with E-state index in [9.17, 15) is 0 Å². The van der Waals surface area contributed by atoms with Crippen LogP contribution in [0.5, 0.6) is 0 Å². The maximum Gasteiger partial charge on any atom is 0.0278 e. The van der Waals surface area contributed by atoms with Gasteiger partial charge in [-0.3, -0.25) is 4.90 Å². The molecule has 0 saturated carbocycles. The molecule has 1 aliphatic heterocycles. The molecule has 2 heteroatoms. The number of hydrogen-bond acceptors (Lipinski definition) is 2. The lowest BCUT2D eigenvalue weighted by Crippen LogP contribution is -2.53. The van der Waals surface area contributed by atoms with Crippen molar-refractivity contribution < 1.29 is 0 Å². The van der Waals surface area contributed by atoms with E-state index in [0.717, 1.165) is 19.4 Å². The van der Waals surface area contributed by atoms with Gasteiger partial charge in [0.25, 0.3) is 0 Å². The van der Waals surface area contributed by atoms with Gasteiger partial charge in [-0.05, 0) is 46.1 Å². The molecule has 1 fully saturated rings. The van der Waals surface area contributed by atoms with Crippen molar-refractivity contribution in [1.29, 1.82) is 0 Å². The van der Waals surface area contributed by atoms with Crippen LogP contribution in [0.1, 0.15) is 53.4 Å². The summed E-state index contributed by atoms with van der Waals surface area (Å²) in [6.07, 6.45) is 4.80. The molecule has 2 nitrogen and oxygen atoms in total. The zero-order valence-corrected chi connectivity index (χ0v) is 10.3. The van der Waals surface area contributed by atoms with Crippen molar-refractivity contribution in [1.82, 2.24) is 4.90 Å². The predicted octanol–water partition coefficient (Wildman–Crippen LogP) is 2.38. The minimum absolute atomic E-state index is 0.0294. The van der Waals surface area contributed by atoms with Crippen molar-refractivity contribution in [2.75, 3.05) is 13.1 Å². The van der Waals surface area contributed by atoms with Crippen LogP contribution in [0.25, 0.3) is 0 Å². The van der Waals surface area contributed by atoms with Crippen molar-refractivity contribution in [3.05, 3.63) is 0 Å². The molecule has 1 heterocycles. The Morgan fingerprint density at radius 2 is 1.86 bits per heavy atom. The van der Waals surface area contributed by atoms with Gasteiger partial charge in [0.15, 0.2) is 0 Å². The van der Waals surface area contributed by atoms with E-state index in [2.05, 4.69) is 32.6 Å². The fourth-order valence-electron chi connectivity index (χ4n) is 2.31. The van der Waals surface area contributed by atoms with E-state index in [1.165, 1.54) is 19.4 Å². The first-order valence-electron chi connectivity index (χ1n) is 5.97. The highest BCUT2D eigenvalue weighted by Gasteiger charge is 2.35. The summed E-state index contributed by atoms with van der Waals surface area (Å²) in [5.74, 6) is 0. The summed E-state index contributed by atoms with van der Waals surface area (Å²) in [7, 11) is 0. The Balaban J connectivity index is 2.59. The lowest BCUT2D eigenvalue weighted by Gasteiger charge is -2.39. The molecule has 0 aromatic rings. The van der Waals surface area contributed by atoms with E-state index < -0.39 is 0 Å². The Hall–Kier alpha value is -0.0800. The second-order valence-electron chi connectivity index (χ2n) is 5.41. The molecule has 0 amide bonds. The zero-order chi connectivity index (χ0) is 10.8. The van der Waals surface area contributed by atoms with Crippen LogP contribution in [-0.4, -0.2) is 29.1 Å². The molecule has 0 atom stereocenters.